The highest BCUT2D eigenvalue weighted by atomic mass is 35.5. The molecule has 0 atom stereocenters. The number of hydrogen-bond donors (Lipinski definition) is 1. The van der Waals surface area contributed by atoms with Crippen molar-refractivity contribution < 1.29 is 9.32 Å². The number of nitrogens with zero attached hydrogens (tertiary/aromatic N) is 2. The van der Waals surface area contributed by atoms with E-state index in [0.717, 1.165) is 13.0 Å². The summed E-state index contributed by atoms with van der Waals surface area (Å²) in [5, 5.41) is 7.47. The first-order chi connectivity index (χ1) is 10.5. The number of nitrogens with one attached hydrogen (secondary N) is 1. The molecular weight excluding hydrogens is 325 g/mol. The zero-order valence-electron chi connectivity index (χ0n) is 12.4. The zero-order chi connectivity index (χ0) is 16.1. The fourth-order valence-corrected chi connectivity index (χ4v) is 2.15. The number of rotatable bonds is 6. The van der Waals surface area contributed by atoms with Gasteiger partial charge in [-0.2, -0.15) is 0 Å². The lowest BCUT2D eigenvalue weighted by Gasteiger charge is -2.08. The van der Waals surface area contributed by atoms with Gasteiger partial charge in [-0.3, -0.25) is 4.79 Å². The van der Waals surface area contributed by atoms with Gasteiger partial charge in [-0.1, -0.05) is 28.4 Å². The zero-order valence-corrected chi connectivity index (χ0v) is 13.9. The topological polar surface area (TPSA) is 58.4 Å². The number of aromatic nitrogens is 1. The molecule has 2 aromatic rings. The maximum atomic E-state index is 12.0. The second kappa shape index (κ2) is 7.63. The van der Waals surface area contributed by atoms with Crippen LogP contribution in [-0.4, -0.2) is 43.1 Å². The monoisotopic (exact) mass is 341 g/mol. The summed E-state index contributed by atoms with van der Waals surface area (Å²) in [6.45, 7) is 1.50. The maximum Gasteiger partial charge on any atom is 0.273 e. The number of carbonyl (C=O) groups excluding carboxylic acids is 1. The van der Waals surface area contributed by atoms with Crippen molar-refractivity contribution in [2.75, 3.05) is 27.2 Å². The van der Waals surface area contributed by atoms with Gasteiger partial charge in [-0.15, -0.1) is 0 Å². The summed E-state index contributed by atoms with van der Waals surface area (Å²) in [6.07, 6.45) is 0.871. The Morgan fingerprint density at radius 1 is 1.27 bits per heavy atom. The van der Waals surface area contributed by atoms with Gasteiger partial charge in [0, 0.05) is 18.2 Å². The van der Waals surface area contributed by atoms with Gasteiger partial charge >= 0.3 is 0 Å². The second-order valence-corrected chi connectivity index (χ2v) is 5.93. The molecule has 0 unspecified atom stereocenters. The molecule has 7 heteroatoms. The van der Waals surface area contributed by atoms with Crippen LogP contribution in [0.4, 0.5) is 0 Å². The Bertz CT molecular complexity index is 656. The van der Waals surface area contributed by atoms with Gasteiger partial charge in [0.15, 0.2) is 11.5 Å². The van der Waals surface area contributed by atoms with E-state index in [2.05, 4.69) is 15.4 Å². The fraction of sp³-hybridized carbons (Fsp3) is 0.333. The Morgan fingerprint density at radius 2 is 2.05 bits per heavy atom. The number of amides is 1. The standard InChI is InChI=1S/C15H17Cl2N3O2/c1-20(2)7-3-6-18-15(21)13-9-14(22-19-13)10-4-5-11(16)12(17)8-10/h4-5,8-9H,3,6-7H2,1-2H3,(H,18,21). The number of hydrogen-bond acceptors (Lipinski definition) is 4. The lowest BCUT2D eigenvalue weighted by molar-refractivity contribution is 0.0943. The molecule has 1 aromatic heterocycles. The number of halogens is 2. The molecule has 0 bridgehead atoms. The first kappa shape index (κ1) is 16.8. The smallest absolute Gasteiger partial charge is 0.273 e. The van der Waals surface area contributed by atoms with Crippen molar-refractivity contribution in [2.45, 2.75) is 6.42 Å². The highest BCUT2D eigenvalue weighted by Gasteiger charge is 2.14. The van der Waals surface area contributed by atoms with Gasteiger partial charge in [-0.25, -0.2) is 0 Å². The molecule has 118 valence electrons. The normalized spacial score (nSPS) is 11.0. The van der Waals surface area contributed by atoms with Gasteiger partial charge in [0.25, 0.3) is 5.91 Å². The Morgan fingerprint density at radius 3 is 2.73 bits per heavy atom. The molecule has 1 N–H and O–H groups in total. The van der Waals surface area contributed by atoms with Crippen LogP contribution in [0.3, 0.4) is 0 Å². The minimum atomic E-state index is -0.256. The molecule has 0 aliphatic carbocycles. The SMILES string of the molecule is CN(C)CCCNC(=O)c1cc(-c2ccc(Cl)c(Cl)c2)on1. The van der Waals surface area contributed by atoms with Crippen molar-refractivity contribution >= 4 is 29.1 Å². The summed E-state index contributed by atoms with van der Waals surface area (Å²) in [5.74, 6) is 0.214. The molecule has 5 nitrogen and oxygen atoms in total. The van der Waals surface area contributed by atoms with E-state index in [1.54, 1.807) is 24.3 Å². The molecule has 1 heterocycles. The fourth-order valence-electron chi connectivity index (χ4n) is 1.86. The van der Waals surface area contributed by atoms with E-state index in [-0.39, 0.29) is 11.6 Å². The molecule has 1 amide bonds. The first-order valence-corrected chi connectivity index (χ1v) is 7.58. The van der Waals surface area contributed by atoms with E-state index in [1.807, 2.05) is 14.1 Å². The maximum absolute atomic E-state index is 12.0. The molecule has 0 saturated carbocycles. The Labute approximate surface area is 139 Å². The van der Waals surface area contributed by atoms with Crippen LogP contribution in [0.1, 0.15) is 16.9 Å². The van der Waals surface area contributed by atoms with Crippen molar-refractivity contribution in [3.63, 3.8) is 0 Å². The van der Waals surface area contributed by atoms with Crippen LogP contribution in [0.5, 0.6) is 0 Å². The van der Waals surface area contributed by atoms with Crippen molar-refractivity contribution in [1.29, 1.82) is 0 Å². The summed E-state index contributed by atoms with van der Waals surface area (Å²) in [5.41, 5.74) is 0.958. The van der Waals surface area contributed by atoms with Gasteiger partial charge in [-0.05, 0) is 45.3 Å². The summed E-state index contributed by atoms with van der Waals surface area (Å²) in [6, 6.07) is 6.68. The van der Waals surface area contributed by atoms with Crippen LogP contribution in [0.15, 0.2) is 28.8 Å². The van der Waals surface area contributed by atoms with Crippen LogP contribution >= 0.6 is 23.2 Å². The highest BCUT2D eigenvalue weighted by Crippen LogP contribution is 2.28. The first-order valence-electron chi connectivity index (χ1n) is 6.82. The molecule has 0 fully saturated rings. The van der Waals surface area contributed by atoms with E-state index < -0.39 is 0 Å². The van der Waals surface area contributed by atoms with Crippen molar-refractivity contribution in [2.24, 2.45) is 0 Å². The predicted octanol–water partition coefficient (Wildman–Crippen LogP) is 3.33. The summed E-state index contributed by atoms with van der Waals surface area (Å²) in [7, 11) is 3.98. The molecular formula is C15H17Cl2N3O2. The van der Waals surface area contributed by atoms with E-state index in [9.17, 15) is 4.79 Å². The van der Waals surface area contributed by atoms with E-state index in [4.69, 9.17) is 27.7 Å². The van der Waals surface area contributed by atoms with Crippen molar-refractivity contribution in [3.05, 3.63) is 40.0 Å². The van der Waals surface area contributed by atoms with Crippen molar-refractivity contribution in [1.82, 2.24) is 15.4 Å². The number of benzene rings is 1. The average molecular weight is 342 g/mol. The van der Waals surface area contributed by atoms with Gasteiger partial charge < -0.3 is 14.7 Å². The van der Waals surface area contributed by atoms with Gasteiger partial charge in [0.1, 0.15) is 0 Å². The van der Waals surface area contributed by atoms with Crippen LogP contribution in [0.2, 0.25) is 10.0 Å². The summed E-state index contributed by atoms with van der Waals surface area (Å²) in [4.78, 5) is 14.0. The Hall–Kier alpha value is -1.56. The minimum Gasteiger partial charge on any atom is -0.355 e. The Kier molecular flexibility index (Phi) is 5.83. The largest absolute Gasteiger partial charge is 0.355 e. The van der Waals surface area contributed by atoms with E-state index >= 15 is 0 Å². The Balaban J connectivity index is 1.98. The van der Waals surface area contributed by atoms with Gasteiger partial charge in [0.05, 0.1) is 10.0 Å². The lowest BCUT2D eigenvalue weighted by atomic mass is 10.1. The molecule has 2 rings (SSSR count). The van der Waals surface area contributed by atoms with Crippen LogP contribution < -0.4 is 5.32 Å². The average Bonchev–Trinajstić information content (AvgIpc) is 2.96. The van der Waals surface area contributed by atoms with E-state index in [1.165, 1.54) is 0 Å². The van der Waals surface area contributed by atoms with Crippen LogP contribution in [0.25, 0.3) is 11.3 Å². The lowest BCUT2D eigenvalue weighted by Crippen LogP contribution is -2.27. The van der Waals surface area contributed by atoms with Gasteiger partial charge in [0.2, 0.25) is 0 Å². The van der Waals surface area contributed by atoms with Crippen LogP contribution in [0, 0.1) is 0 Å². The molecule has 0 aliphatic heterocycles. The molecule has 1 aromatic carbocycles. The quantitative estimate of drug-likeness (QED) is 0.818. The third-order valence-electron chi connectivity index (χ3n) is 3.01. The summed E-state index contributed by atoms with van der Waals surface area (Å²) >= 11 is 11.8. The highest BCUT2D eigenvalue weighted by molar-refractivity contribution is 6.42. The molecule has 0 spiro atoms. The van der Waals surface area contributed by atoms with Crippen molar-refractivity contribution in [3.8, 4) is 11.3 Å². The van der Waals surface area contributed by atoms with E-state index in [0.29, 0.717) is 27.9 Å². The number of carbonyl (C=O) groups is 1. The third kappa shape index (κ3) is 4.47. The predicted molar refractivity (Wildman–Crippen MR) is 87.5 cm³/mol. The second-order valence-electron chi connectivity index (χ2n) is 5.12. The summed E-state index contributed by atoms with van der Waals surface area (Å²) < 4.78 is 5.19. The molecule has 22 heavy (non-hydrogen) atoms. The molecule has 0 aliphatic rings. The molecule has 0 radical (unpaired) electrons. The third-order valence-corrected chi connectivity index (χ3v) is 3.75. The van der Waals surface area contributed by atoms with Crippen LogP contribution in [-0.2, 0) is 0 Å². The molecule has 0 saturated heterocycles. The minimum absolute atomic E-state index is 0.242.